The van der Waals surface area contributed by atoms with Crippen molar-refractivity contribution >= 4 is 23.2 Å². The van der Waals surface area contributed by atoms with Crippen molar-refractivity contribution in [2.24, 2.45) is 0 Å². The summed E-state index contributed by atoms with van der Waals surface area (Å²) in [5.41, 5.74) is 1.89. The van der Waals surface area contributed by atoms with Gasteiger partial charge in [-0.2, -0.15) is 0 Å². The SMILES string of the molecule is ClCc1cccc(Cl)c1OCc1cccnc1. The third kappa shape index (κ3) is 3.11. The summed E-state index contributed by atoms with van der Waals surface area (Å²) in [6.45, 7) is 0.432. The molecule has 2 nitrogen and oxygen atoms in total. The molecule has 0 fully saturated rings. The quantitative estimate of drug-likeness (QED) is 0.780. The second-order valence-electron chi connectivity index (χ2n) is 3.51. The van der Waals surface area contributed by atoms with E-state index in [4.69, 9.17) is 27.9 Å². The molecule has 0 aliphatic heterocycles. The molecule has 0 atom stereocenters. The molecule has 0 amide bonds. The third-order valence-electron chi connectivity index (χ3n) is 2.30. The molecule has 2 rings (SSSR count). The maximum Gasteiger partial charge on any atom is 0.142 e. The van der Waals surface area contributed by atoms with Gasteiger partial charge in [-0.3, -0.25) is 4.98 Å². The summed E-state index contributed by atoms with van der Waals surface area (Å²) in [6.07, 6.45) is 3.49. The van der Waals surface area contributed by atoms with Crippen LogP contribution < -0.4 is 4.74 Å². The van der Waals surface area contributed by atoms with Crippen LogP contribution in [0.25, 0.3) is 0 Å². The number of alkyl halides is 1. The zero-order valence-electron chi connectivity index (χ0n) is 9.07. The van der Waals surface area contributed by atoms with Gasteiger partial charge in [0.2, 0.25) is 0 Å². The first-order valence-electron chi connectivity index (χ1n) is 5.16. The number of hydrogen-bond acceptors (Lipinski definition) is 2. The Hall–Kier alpha value is -1.25. The molecule has 0 N–H and O–H groups in total. The Morgan fingerprint density at radius 2 is 2.06 bits per heavy atom. The molecule has 17 heavy (non-hydrogen) atoms. The van der Waals surface area contributed by atoms with E-state index in [1.165, 1.54) is 0 Å². The summed E-state index contributed by atoms with van der Waals surface area (Å²) >= 11 is 11.9. The molecule has 0 unspecified atom stereocenters. The molecule has 0 aliphatic carbocycles. The zero-order valence-corrected chi connectivity index (χ0v) is 10.6. The summed E-state index contributed by atoms with van der Waals surface area (Å²) in [4.78, 5) is 4.02. The van der Waals surface area contributed by atoms with E-state index in [2.05, 4.69) is 4.98 Å². The van der Waals surface area contributed by atoms with Crippen LogP contribution in [-0.4, -0.2) is 4.98 Å². The van der Waals surface area contributed by atoms with Crippen LogP contribution in [0.5, 0.6) is 5.75 Å². The van der Waals surface area contributed by atoms with E-state index in [1.54, 1.807) is 18.5 Å². The lowest BCUT2D eigenvalue weighted by molar-refractivity contribution is 0.303. The first kappa shape index (κ1) is 12.2. The molecular weight excluding hydrogens is 257 g/mol. The standard InChI is InChI=1S/C13H11Cl2NO/c14-7-11-4-1-5-12(15)13(11)17-9-10-3-2-6-16-8-10/h1-6,8H,7,9H2. The average Bonchev–Trinajstić information content (AvgIpc) is 2.38. The minimum Gasteiger partial charge on any atom is -0.487 e. The number of rotatable bonds is 4. The number of para-hydroxylation sites is 1. The molecular formula is C13H11Cl2NO. The van der Waals surface area contributed by atoms with Crippen molar-refractivity contribution in [2.75, 3.05) is 0 Å². The molecule has 0 saturated carbocycles. The van der Waals surface area contributed by atoms with Crippen molar-refractivity contribution in [3.63, 3.8) is 0 Å². The topological polar surface area (TPSA) is 22.1 Å². The van der Waals surface area contributed by atoms with Gasteiger partial charge in [-0.25, -0.2) is 0 Å². The fourth-order valence-corrected chi connectivity index (χ4v) is 1.92. The molecule has 0 saturated heterocycles. The molecule has 4 heteroatoms. The largest absolute Gasteiger partial charge is 0.487 e. The highest BCUT2D eigenvalue weighted by atomic mass is 35.5. The van der Waals surface area contributed by atoms with E-state index in [0.717, 1.165) is 11.1 Å². The third-order valence-corrected chi connectivity index (χ3v) is 2.88. The van der Waals surface area contributed by atoms with E-state index >= 15 is 0 Å². The fourth-order valence-electron chi connectivity index (χ4n) is 1.46. The maximum absolute atomic E-state index is 6.08. The van der Waals surface area contributed by atoms with E-state index in [9.17, 15) is 0 Å². The lowest BCUT2D eigenvalue weighted by atomic mass is 10.2. The number of hydrogen-bond donors (Lipinski definition) is 0. The van der Waals surface area contributed by atoms with Crippen LogP contribution in [0.15, 0.2) is 42.7 Å². The van der Waals surface area contributed by atoms with Gasteiger partial charge >= 0.3 is 0 Å². The first-order valence-corrected chi connectivity index (χ1v) is 6.07. The minimum absolute atomic E-state index is 0.378. The van der Waals surface area contributed by atoms with Crippen LogP contribution >= 0.6 is 23.2 Å². The Morgan fingerprint density at radius 1 is 1.18 bits per heavy atom. The number of ether oxygens (including phenoxy) is 1. The van der Waals surface area contributed by atoms with Crippen LogP contribution in [0.2, 0.25) is 5.02 Å². The van der Waals surface area contributed by atoms with Crippen LogP contribution in [0, 0.1) is 0 Å². The monoisotopic (exact) mass is 267 g/mol. The number of nitrogens with zero attached hydrogens (tertiary/aromatic N) is 1. The van der Waals surface area contributed by atoms with E-state index in [0.29, 0.717) is 23.3 Å². The van der Waals surface area contributed by atoms with Gasteiger partial charge in [0.05, 0.1) is 10.9 Å². The fraction of sp³-hybridized carbons (Fsp3) is 0.154. The molecule has 0 radical (unpaired) electrons. The Kier molecular flexibility index (Phi) is 4.24. The summed E-state index contributed by atoms with van der Waals surface area (Å²) in [6, 6.07) is 9.36. The van der Waals surface area contributed by atoms with Crippen LogP contribution in [0.1, 0.15) is 11.1 Å². The summed E-state index contributed by atoms with van der Waals surface area (Å²) < 4.78 is 5.69. The van der Waals surface area contributed by atoms with Crippen molar-refractivity contribution in [2.45, 2.75) is 12.5 Å². The lowest BCUT2D eigenvalue weighted by Gasteiger charge is -2.11. The zero-order chi connectivity index (χ0) is 12.1. The molecule has 1 aromatic heterocycles. The molecule has 2 aromatic rings. The van der Waals surface area contributed by atoms with Gasteiger partial charge in [0, 0.05) is 23.5 Å². The van der Waals surface area contributed by atoms with Gasteiger partial charge in [-0.1, -0.05) is 29.8 Å². The maximum atomic E-state index is 6.08. The van der Waals surface area contributed by atoms with E-state index < -0.39 is 0 Å². The predicted octanol–water partition coefficient (Wildman–Crippen LogP) is 4.05. The van der Waals surface area contributed by atoms with Crippen molar-refractivity contribution in [1.82, 2.24) is 4.98 Å². The number of halogens is 2. The van der Waals surface area contributed by atoms with Gasteiger partial charge in [0.1, 0.15) is 12.4 Å². The van der Waals surface area contributed by atoms with Crippen molar-refractivity contribution < 1.29 is 4.74 Å². The van der Waals surface area contributed by atoms with Gasteiger partial charge in [0.25, 0.3) is 0 Å². The highest BCUT2D eigenvalue weighted by molar-refractivity contribution is 6.32. The van der Waals surface area contributed by atoms with Crippen molar-refractivity contribution in [3.05, 3.63) is 58.9 Å². The van der Waals surface area contributed by atoms with Crippen LogP contribution in [0.3, 0.4) is 0 Å². The molecule has 1 aromatic carbocycles. The number of pyridine rings is 1. The van der Waals surface area contributed by atoms with Gasteiger partial charge < -0.3 is 4.74 Å². The average molecular weight is 268 g/mol. The molecule has 0 spiro atoms. The highest BCUT2D eigenvalue weighted by Gasteiger charge is 2.07. The number of aromatic nitrogens is 1. The molecule has 0 bridgehead atoms. The normalized spacial score (nSPS) is 10.2. The Morgan fingerprint density at radius 3 is 2.76 bits per heavy atom. The smallest absolute Gasteiger partial charge is 0.142 e. The Bertz CT molecular complexity index is 488. The van der Waals surface area contributed by atoms with Crippen LogP contribution in [-0.2, 0) is 12.5 Å². The van der Waals surface area contributed by atoms with Gasteiger partial charge in [0.15, 0.2) is 0 Å². The van der Waals surface area contributed by atoms with E-state index in [1.807, 2.05) is 24.3 Å². The molecule has 88 valence electrons. The minimum atomic E-state index is 0.378. The predicted molar refractivity (Wildman–Crippen MR) is 69.6 cm³/mol. The highest BCUT2D eigenvalue weighted by Crippen LogP contribution is 2.30. The summed E-state index contributed by atoms with van der Waals surface area (Å²) in [7, 11) is 0. The molecule has 1 heterocycles. The number of benzene rings is 1. The van der Waals surface area contributed by atoms with Crippen molar-refractivity contribution in [1.29, 1.82) is 0 Å². The molecule has 0 aliphatic rings. The second-order valence-corrected chi connectivity index (χ2v) is 4.19. The first-order chi connectivity index (χ1) is 8.31. The lowest BCUT2D eigenvalue weighted by Crippen LogP contribution is -1.98. The van der Waals surface area contributed by atoms with Gasteiger partial charge in [-0.05, 0) is 12.1 Å². The van der Waals surface area contributed by atoms with Crippen molar-refractivity contribution in [3.8, 4) is 5.75 Å². The van der Waals surface area contributed by atoms with Gasteiger partial charge in [-0.15, -0.1) is 11.6 Å². The van der Waals surface area contributed by atoms with Crippen LogP contribution in [0.4, 0.5) is 0 Å². The second kappa shape index (κ2) is 5.89. The summed E-state index contributed by atoms with van der Waals surface area (Å²) in [5.74, 6) is 1.02. The summed E-state index contributed by atoms with van der Waals surface area (Å²) in [5, 5.41) is 0.576. The Balaban J connectivity index is 2.14. The van der Waals surface area contributed by atoms with E-state index in [-0.39, 0.29) is 0 Å². The Labute approximate surface area is 110 Å².